The molecule has 0 bridgehead atoms. The highest BCUT2D eigenvalue weighted by atomic mass is 32.2. The topological polar surface area (TPSA) is 79.8 Å². The van der Waals surface area contributed by atoms with Gasteiger partial charge in [0.2, 0.25) is 10.0 Å². The molecule has 1 saturated heterocycles. The molecule has 0 aliphatic carbocycles. The molecular formula is C17H19N3O4S. The van der Waals surface area contributed by atoms with Crippen LogP contribution in [0.15, 0.2) is 53.6 Å². The number of pyridine rings is 1. The number of sulfonamides is 1. The van der Waals surface area contributed by atoms with Gasteiger partial charge in [0.15, 0.2) is 0 Å². The first-order valence-electron chi connectivity index (χ1n) is 7.87. The van der Waals surface area contributed by atoms with E-state index in [1.807, 2.05) is 18.2 Å². The Balaban J connectivity index is 1.75. The fourth-order valence-electron chi connectivity index (χ4n) is 2.75. The van der Waals surface area contributed by atoms with Crippen molar-refractivity contribution in [2.75, 3.05) is 38.2 Å². The average Bonchev–Trinajstić information content (AvgIpc) is 2.68. The molecular weight excluding hydrogens is 342 g/mol. The van der Waals surface area contributed by atoms with Gasteiger partial charge in [-0.05, 0) is 30.3 Å². The second kappa shape index (κ2) is 7.20. The Morgan fingerprint density at radius 2 is 1.84 bits per heavy atom. The molecule has 0 unspecified atom stereocenters. The normalized spacial score (nSPS) is 15.8. The van der Waals surface area contributed by atoms with Crippen molar-refractivity contribution in [2.24, 2.45) is 0 Å². The van der Waals surface area contributed by atoms with Gasteiger partial charge in [-0.3, -0.25) is 0 Å². The fourth-order valence-corrected chi connectivity index (χ4v) is 4.22. The van der Waals surface area contributed by atoms with Gasteiger partial charge in [-0.1, -0.05) is 12.1 Å². The first kappa shape index (κ1) is 17.4. The molecule has 0 saturated carbocycles. The highest BCUT2D eigenvalue weighted by Crippen LogP contribution is 2.21. The van der Waals surface area contributed by atoms with E-state index in [4.69, 9.17) is 0 Å². The molecule has 0 N–H and O–H groups in total. The van der Waals surface area contributed by atoms with Gasteiger partial charge >= 0.3 is 5.97 Å². The maximum atomic E-state index is 12.8. The van der Waals surface area contributed by atoms with Crippen molar-refractivity contribution in [1.82, 2.24) is 9.29 Å². The van der Waals surface area contributed by atoms with Crippen LogP contribution in [0.1, 0.15) is 10.4 Å². The SMILES string of the molecule is COC(=O)c1cccc(S(=O)(=O)N2CCN(c3ccccn3)CC2)c1. The van der Waals surface area contributed by atoms with E-state index in [-0.39, 0.29) is 10.5 Å². The van der Waals surface area contributed by atoms with E-state index in [0.29, 0.717) is 26.2 Å². The highest BCUT2D eigenvalue weighted by Gasteiger charge is 2.29. The minimum Gasteiger partial charge on any atom is -0.465 e. The third kappa shape index (κ3) is 3.64. The van der Waals surface area contributed by atoms with Crippen LogP contribution in [0.4, 0.5) is 5.82 Å². The summed E-state index contributed by atoms with van der Waals surface area (Å²) in [5.74, 6) is 0.282. The molecule has 0 amide bonds. The van der Waals surface area contributed by atoms with Crippen molar-refractivity contribution in [1.29, 1.82) is 0 Å². The Hall–Kier alpha value is -2.45. The van der Waals surface area contributed by atoms with Gasteiger partial charge in [-0.15, -0.1) is 0 Å². The molecule has 0 spiro atoms. The number of methoxy groups -OCH3 is 1. The zero-order chi connectivity index (χ0) is 17.9. The third-order valence-electron chi connectivity index (χ3n) is 4.10. The molecule has 7 nitrogen and oxygen atoms in total. The van der Waals surface area contributed by atoms with Crippen molar-refractivity contribution in [3.05, 3.63) is 54.2 Å². The van der Waals surface area contributed by atoms with Crippen LogP contribution in [0.3, 0.4) is 0 Å². The Morgan fingerprint density at radius 1 is 1.08 bits per heavy atom. The maximum absolute atomic E-state index is 12.8. The summed E-state index contributed by atoms with van der Waals surface area (Å²) in [6.07, 6.45) is 1.72. The Kier molecular flexibility index (Phi) is 5.00. The Bertz CT molecular complexity index is 847. The lowest BCUT2D eigenvalue weighted by Crippen LogP contribution is -2.48. The summed E-state index contributed by atoms with van der Waals surface area (Å²) in [5, 5.41) is 0. The van der Waals surface area contributed by atoms with Crippen molar-refractivity contribution >= 4 is 21.8 Å². The van der Waals surface area contributed by atoms with Crippen LogP contribution in [0.2, 0.25) is 0 Å². The van der Waals surface area contributed by atoms with Crippen molar-refractivity contribution in [3.8, 4) is 0 Å². The summed E-state index contributed by atoms with van der Waals surface area (Å²) < 4.78 is 31.8. The van der Waals surface area contributed by atoms with Crippen LogP contribution in [-0.4, -0.2) is 57.0 Å². The first-order valence-corrected chi connectivity index (χ1v) is 9.31. The summed E-state index contributed by atoms with van der Waals surface area (Å²) in [6.45, 7) is 1.85. The van der Waals surface area contributed by atoms with Crippen LogP contribution < -0.4 is 4.90 Å². The molecule has 2 heterocycles. The van der Waals surface area contributed by atoms with E-state index in [9.17, 15) is 13.2 Å². The lowest BCUT2D eigenvalue weighted by atomic mass is 10.2. The fraction of sp³-hybridized carbons (Fsp3) is 0.294. The second-order valence-electron chi connectivity index (χ2n) is 5.60. The van der Waals surface area contributed by atoms with Gasteiger partial charge in [0.25, 0.3) is 0 Å². The van der Waals surface area contributed by atoms with Crippen LogP contribution in [0.5, 0.6) is 0 Å². The third-order valence-corrected chi connectivity index (χ3v) is 6.00. The monoisotopic (exact) mass is 361 g/mol. The largest absolute Gasteiger partial charge is 0.465 e. The van der Waals surface area contributed by atoms with E-state index >= 15 is 0 Å². The van der Waals surface area contributed by atoms with Crippen molar-refractivity contribution in [2.45, 2.75) is 4.90 Å². The lowest BCUT2D eigenvalue weighted by Gasteiger charge is -2.34. The number of carbonyl (C=O) groups is 1. The van der Waals surface area contributed by atoms with E-state index < -0.39 is 16.0 Å². The molecule has 0 radical (unpaired) electrons. The predicted molar refractivity (Wildman–Crippen MR) is 93.0 cm³/mol. The first-order chi connectivity index (χ1) is 12.0. The summed E-state index contributed by atoms with van der Waals surface area (Å²) in [6, 6.07) is 11.6. The zero-order valence-electron chi connectivity index (χ0n) is 13.8. The van der Waals surface area contributed by atoms with Crippen LogP contribution >= 0.6 is 0 Å². The van der Waals surface area contributed by atoms with Crippen molar-refractivity contribution < 1.29 is 17.9 Å². The summed E-state index contributed by atoms with van der Waals surface area (Å²) in [7, 11) is -2.39. The molecule has 132 valence electrons. The van der Waals surface area contributed by atoms with Crippen LogP contribution in [0.25, 0.3) is 0 Å². The summed E-state index contributed by atoms with van der Waals surface area (Å²) >= 11 is 0. The molecule has 1 aromatic carbocycles. The standard InChI is InChI=1S/C17H19N3O4S/c1-24-17(21)14-5-4-6-15(13-14)25(22,23)20-11-9-19(10-12-20)16-7-2-3-8-18-16/h2-8,13H,9-12H2,1H3. The number of piperazine rings is 1. The van der Waals surface area contributed by atoms with Gasteiger partial charge in [-0.25, -0.2) is 18.2 Å². The van der Waals surface area contributed by atoms with Crippen LogP contribution in [-0.2, 0) is 14.8 Å². The molecule has 8 heteroatoms. The zero-order valence-corrected chi connectivity index (χ0v) is 14.6. The molecule has 1 aliphatic heterocycles. The number of hydrogen-bond donors (Lipinski definition) is 0. The molecule has 1 aromatic heterocycles. The highest BCUT2D eigenvalue weighted by molar-refractivity contribution is 7.89. The Morgan fingerprint density at radius 3 is 2.48 bits per heavy atom. The Labute approximate surface area is 146 Å². The minimum absolute atomic E-state index is 0.0988. The molecule has 3 rings (SSSR count). The number of rotatable bonds is 4. The van der Waals surface area contributed by atoms with Gasteiger partial charge in [0, 0.05) is 32.4 Å². The number of carbonyl (C=O) groups excluding carboxylic acids is 1. The number of esters is 1. The predicted octanol–water partition coefficient (Wildman–Crippen LogP) is 1.38. The van der Waals surface area contributed by atoms with Gasteiger partial charge in [-0.2, -0.15) is 4.31 Å². The summed E-state index contributed by atoms with van der Waals surface area (Å²) in [4.78, 5) is 18.1. The number of aromatic nitrogens is 1. The average molecular weight is 361 g/mol. The van der Waals surface area contributed by atoms with Crippen molar-refractivity contribution in [3.63, 3.8) is 0 Å². The number of nitrogens with zero attached hydrogens (tertiary/aromatic N) is 3. The quantitative estimate of drug-likeness (QED) is 0.766. The second-order valence-corrected chi connectivity index (χ2v) is 7.54. The molecule has 2 aromatic rings. The number of benzene rings is 1. The molecule has 1 aliphatic rings. The van der Waals surface area contributed by atoms with Crippen LogP contribution in [0, 0.1) is 0 Å². The number of ether oxygens (including phenoxy) is 1. The number of anilines is 1. The lowest BCUT2D eigenvalue weighted by molar-refractivity contribution is 0.0600. The summed E-state index contributed by atoms with van der Waals surface area (Å²) in [5.41, 5.74) is 0.218. The van der Waals surface area contributed by atoms with E-state index in [0.717, 1.165) is 5.82 Å². The molecule has 0 atom stereocenters. The number of hydrogen-bond acceptors (Lipinski definition) is 6. The molecule has 25 heavy (non-hydrogen) atoms. The van der Waals surface area contributed by atoms with E-state index in [1.54, 1.807) is 12.3 Å². The molecule has 1 fully saturated rings. The minimum atomic E-state index is -3.65. The van der Waals surface area contributed by atoms with Gasteiger partial charge in [0.1, 0.15) is 5.82 Å². The van der Waals surface area contributed by atoms with Gasteiger partial charge < -0.3 is 9.64 Å². The smallest absolute Gasteiger partial charge is 0.337 e. The maximum Gasteiger partial charge on any atom is 0.337 e. The van der Waals surface area contributed by atoms with E-state index in [2.05, 4.69) is 14.6 Å². The van der Waals surface area contributed by atoms with Gasteiger partial charge in [0.05, 0.1) is 17.6 Å². The van der Waals surface area contributed by atoms with E-state index in [1.165, 1.54) is 29.6 Å².